The van der Waals surface area contributed by atoms with Gasteiger partial charge >= 0.3 is 12.1 Å². The molecular weight excluding hydrogens is 801 g/mol. The largest absolute Gasteiger partial charge is 0.461 e. The van der Waals surface area contributed by atoms with Crippen LogP contribution in [0.2, 0.25) is 0 Å². The Morgan fingerprint density at radius 2 is 1.69 bits per heavy atom. The lowest BCUT2D eigenvalue weighted by molar-refractivity contribution is -0.157. The number of carbonyl (C=O) groups excluding carboxylic acids is 2. The number of imidazole rings is 1. The van der Waals surface area contributed by atoms with Crippen molar-refractivity contribution in [3.05, 3.63) is 119 Å². The van der Waals surface area contributed by atoms with Crippen LogP contribution in [-0.2, 0) is 44.2 Å². The molecule has 17 heteroatoms. The summed E-state index contributed by atoms with van der Waals surface area (Å²) in [5.74, 6) is -8.80. The number of benzene rings is 4. The van der Waals surface area contributed by atoms with Crippen LogP contribution in [0.4, 0.5) is 37.7 Å². The first-order valence-corrected chi connectivity index (χ1v) is 20.3. The van der Waals surface area contributed by atoms with Crippen molar-refractivity contribution in [1.82, 2.24) is 14.5 Å². The van der Waals surface area contributed by atoms with Gasteiger partial charge in [-0.05, 0) is 85.3 Å². The Morgan fingerprint density at radius 1 is 0.983 bits per heavy atom. The number of nitrogens with zero attached hydrogens (tertiary/aromatic N) is 4. The first-order valence-electron chi connectivity index (χ1n) is 18.8. The molecule has 4 aromatic carbocycles. The lowest BCUT2D eigenvalue weighted by Crippen LogP contribution is -2.49. The summed E-state index contributed by atoms with van der Waals surface area (Å²) in [6.45, 7) is 1.04. The summed E-state index contributed by atoms with van der Waals surface area (Å²) < 4.78 is 121. The SMILES string of the molecule is Cc1nc2cc(S(=O)(=O)N(C)c3ccc([C@@H]4C[C@H](N5CCC(F)(F)C5)C[C@H](C(=O)Nc5ccc(C(F)(F)F)cc5F)[C@H]4C(=O)OCc4ccccc4)cc3)ccc2n1C. The molecule has 1 saturated heterocycles. The number of nitrogens with one attached hydrogen (secondary N) is 1. The number of halogens is 6. The molecule has 1 aromatic heterocycles. The van der Waals surface area contributed by atoms with Crippen molar-refractivity contribution >= 4 is 44.3 Å². The number of alkyl halides is 5. The van der Waals surface area contributed by atoms with Crippen LogP contribution >= 0.6 is 0 Å². The van der Waals surface area contributed by atoms with Gasteiger partial charge in [0.25, 0.3) is 15.9 Å². The van der Waals surface area contributed by atoms with Gasteiger partial charge in [-0.3, -0.25) is 18.8 Å². The Hall–Kier alpha value is -5.42. The van der Waals surface area contributed by atoms with E-state index in [9.17, 15) is 40.0 Å². The summed E-state index contributed by atoms with van der Waals surface area (Å²) >= 11 is 0. The fraction of sp³-hybridized carbons (Fsp3) is 0.357. The van der Waals surface area contributed by atoms with Gasteiger partial charge in [0, 0.05) is 33.1 Å². The van der Waals surface area contributed by atoms with Gasteiger partial charge in [-0.25, -0.2) is 26.6 Å². The molecule has 0 radical (unpaired) electrons. The smallest absolute Gasteiger partial charge is 0.416 e. The Bertz CT molecular complexity index is 2480. The van der Waals surface area contributed by atoms with Crippen molar-refractivity contribution in [3.8, 4) is 0 Å². The molecule has 0 unspecified atom stereocenters. The quantitative estimate of drug-likeness (QED) is 0.112. The summed E-state index contributed by atoms with van der Waals surface area (Å²) in [5.41, 5.74) is 0.802. The number of hydrogen-bond acceptors (Lipinski definition) is 7. The molecule has 0 spiro atoms. The summed E-state index contributed by atoms with van der Waals surface area (Å²) in [4.78, 5) is 34.4. The normalized spacial score (nSPS) is 21.0. The number of sulfonamides is 1. The second-order valence-electron chi connectivity index (χ2n) is 15.1. The maximum Gasteiger partial charge on any atom is 0.416 e. The lowest BCUT2D eigenvalue weighted by Gasteiger charge is -2.43. The minimum Gasteiger partial charge on any atom is -0.461 e. The number of carbonyl (C=O) groups is 2. The predicted octanol–water partition coefficient (Wildman–Crippen LogP) is 8.07. The van der Waals surface area contributed by atoms with E-state index in [2.05, 4.69) is 10.3 Å². The van der Waals surface area contributed by atoms with Gasteiger partial charge in [0.1, 0.15) is 18.2 Å². The van der Waals surface area contributed by atoms with E-state index < -0.39 is 87.8 Å². The standard InChI is InChI=1S/C42H41F6N5O5S/c1-25-49-36-22-31(14-16-37(36)51(25)2)59(56,57)52(3)29-12-9-27(10-13-29)32-20-30(53-18-17-41(44,45)24-53)21-33(38(32)40(55)58-23-26-7-5-4-6-8-26)39(54)50-35-15-11-28(19-34(35)43)42(46,47)48/h4-16,19,22,30,32-33,38H,17-18,20-21,23-24H2,1-3H3,(H,50,54)/t30-,32-,33-,38-/m0/s1. The molecular formula is C42H41F6N5O5S. The highest BCUT2D eigenvalue weighted by Gasteiger charge is 2.51. The molecule has 7 rings (SSSR count). The molecule has 1 amide bonds. The topological polar surface area (TPSA) is 114 Å². The molecule has 10 nitrogen and oxygen atoms in total. The first kappa shape index (κ1) is 41.7. The highest BCUT2D eigenvalue weighted by molar-refractivity contribution is 7.92. The van der Waals surface area contributed by atoms with Gasteiger partial charge in [-0.15, -0.1) is 0 Å². The highest BCUT2D eigenvalue weighted by atomic mass is 32.2. The van der Waals surface area contributed by atoms with Crippen LogP contribution in [0.15, 0.2) is 95.9 Å². The third-order valence-corrected chi connectivity index (χ3v) is 13.2. The number of amides is 1. The molecule has 2 heterocycles. The van der Waals surface area contributed by atoms with E-state index in [1.54, 1.807) is 60.4 Å². The van der Waals surface area contributed by atoms with Gasteiger partial charge in [0.15, 0.2) is 0 Å². The molecule has 1 saturated carbocycles. The van der Waals surface area contributed by atoms with E-state index in [4.69, 9.17) is 4.74 Å². The molecule has 2 fully saturated rings. The third-order valence-electron chi connectivity index (χ3n) is 11.4. The van der Waals surface area contributed by atoms with Crippen LogP contribution in [0.25, 0.3) is 11.0 Å². The zero-order chi connectivity index (χ0) is 42.4. The second kappa shape index (κ2) is 16.0. The lowest BCUT2D eigenvalue weighted by atomic mass is 9.66. The van der Waals surface area contributed by atoms with Crippen molar-refractivity contribution in [2.75, 3.05) is 29.8 Å². The van der Waals surface area contributed by atoms with Crippen molar-refractivity contribution in [2.45, 2.75) is 61.7 Å². The fourth-order valence-corrected chi connectivity index (χ4v) is 9.32. The minimum atomic E-state index is -4.85. The van der Waals surface area contributed by atoms with Crippen LogP contribution in [0.5, 0.6) is 0 Å². The number of aryl methyl sites for hydroxylation is 2. The Labute approximate surface area is 336 Å². The number of likely N-dealkylation sites (tertiary alicyclic amines) is 1. The molecule has 1 aliphatic carbocycles. The molecule has 2 aliphatic rings. The van der Waals surface area contributed by atoms with Gasteiger partial charge in [-0.2, -0.15) is 13.2 Å². The molecule has 59 heavy (non-hydrogen) atoms. The fourth-order valence-electron chi connectivity index (χ4n) is 8.10. The average Bonchev–Trinajstić information content (AvgIpc) is 3.72. The Morgan fingerprint density at radius 3 is 2.34 bits per heavy atom. The molecule has 1 N–H and O–H groups in total. The van der Waals surface area contributed by atoms with Gasteiger partial charge in [-0.1, -0.05) is 42.5 Å². The van der Waals surface area contributed by atoms with Crippen LogP contribution in [0.1, 0.15) is 47.7 Å². The van der Waals surface area contributed by atoms with E-state index >= 15 is 4.39 Å². The third kappa shape index (κ3) is 8.67. The molecule has 0 bridgehead atoms. The van der Waals surface area contributed by atoms with Crippen LogP contribution in [0.3, 0.4) is 0 Å². The van der Waals surface area contributed by atoms with E-state index in [1.165, 1.54) is 31.3 Å². The predicted molar refractivity (Wildman–Crippen MR) is 208 cm³/mol. The average molecular weight is 842 g/mol. The number of hydrogen-bond donors (Lipinski definition) is 1. The number of ether oxygens (including phenoxy) is 1. The van der Waals surface area contributed by atoms with Crippen LogP contribution < -0.4 is 9.62 Å². The molecule has 5 aromatic rings. The monoisotopic (exact) mass is 841 g/mol. The first-order chi connectivity index (χ1) is 27.8. The summed E-state index contributed by atoms with van der Waals surface area (Å²) in [5, 5.41) is 2.35. The number of anilines is 2. The van der Waals surface area contributed by atoms with E-state index in [-0.39, 0.29) is 42.6 Å². The number of fused-ring (bicyclic) bond motifs is 1. The number of rotatable bonds is 10. The van der Waals surface area contributed by atoms with Crippen molar-refractivity contribution < 1.29 is 49.1 Å². The Balaban J connectivity index is 1.23. The van der Waals surface area contributed by atoms with Crippen LogP contribution in [0, 0.1) is 24.6 Å². The van der Waals surface area contributed by atoms with Crippen molar-refractivity contribution in [3.63, 3.8) is 0 Å². The zero-order valence-electron chi connectivity index (χ0n) is 32.2. The summed E-state index contributed by atoms with van der Waals surface area (Å²) in [7, 11) is -0.888. The van der Waals surface area contributed by atoms with Gasteiger partial charge in [0.05, 0.1) is 51.2 Å². The van der Waals surface area contributed by atoms with Crippen LogP contribution in [-0.4, -0.2) is 66.8 Å². The Kier molecular flexibility index (Phi) is 11.3. The highest BCUT2D eigenvalue weighted by Crippen LogP contribution is 2.46. The molecule has 4 atom stereocenters. The number of esters is 1. The van der Waals surface area contributed by atoms with Gasteiger partial charge < -0.3 is 14.6 Å². The van der Waals surface area contributed by atoms with E-state index in [1.807, 2.05) is 11.6 Å². The van der Waals surface area contributed by atoms with E-state index in [0.29, 0.717) is 28.5 Å². The van der Waals surface area contributed by atoms with Crippen molar-refractivity contribution in [1.29, 1.82) is 0 Å². The minimum absolute atomic E-state index is 0.000825. The summed E-state index contributed by atoms with van der Waals surface area (Å²) in [6, 6.07) is 20.6. The zero-order valence-corrected chi connectivity index (χ0v) is 33.0. The maximum atomic E-state index is 15.1. The summed E-state index contributed by atoms with van der Waals surface area (Å²) in [6.07, 6.45) is -5.27. The van der Waals surface area contributed by atoms with Gasteiger partial charge in [0.2, 0.25) is 5.91 Å². The van der Waals surface area contributed by atoms with Crippen molar-refractivity contribution in [2.24, 2.45) is 18.9 Å². The molecule has 1 aliphatic heterocycles. The number of aromatic nitrogens is 2. The molecule has 312 valence electrons. The maximum absolute atomic E-state index is 15.1. The van der Waals surface area contributed by atoms with E-state index in [0.717, 1.165) is 15.9 Å². The second-order valence-corrected chi connectivity index (χ2v) is 17.1.